The Balaban J connectivity index is 1.65. The van der Waals surface area contributed by atoms with Gasteiger partial charge >= 0.3 is 0 Å². The minimum atomic E-state index is -0.355. The van der Waals surface area contributed by atoms with Gasteiger partial charge in [0.25, 0.3) is 0 Å². The van der Waals surface area contributed by atoms with E-state index >= 15 is 0 Å². The van der Waals surface area contributed by atoms with Crippen molar-refractivity contribution in [1.82, 2.24) is 14.8 Å². The summed E-state index contributed by atoms with van der Waals surface area (Å²) in [6, 6.07) is 24.2. The topological polar surface area (TPSA) is 59.8 Å². The van der Waals surface area contributed by atoms with E-state index in [2.05, 4.69) is 34.6 Å². The highest BCUT2D eigenvalue weighted by molar-refractivity contribution is 8.00. The van der Waals surface area contributed by atoms with Crippen LogP contribution in [0.15, 0.2) is 78.0 Å². The molecule has 162 valence electrons. The number of benzene rings is 3. The Hall–Kier alpha value is -3.38. The van der Waals surface area contributed by atoms with Crippen LogP contribution >= 0.6 is 11.8 Å². The number of rotatable bonds is 6. The fourth-order valence-electron chi connectivity index (χ4n) is 3.49. The molecule has 0 bridgehead atoms. The molecule has 1 heterocycles. The van der Waals surface area contributed by atoms with Crippen LogP contribution in [0.3, 0.4) is 0 Å². The normalized spacial score (nSPS) is 11.9. The number of nitrogens with zero attached hydrogens (tertiary/aromatic N) is 3. The Morgan fingerprint density at radius 3 is 2.19 bits per heavy atom. The Morgan fingerprint density at radius 1 is 0.875 bits per heavy atom. The molecule has 32 heavy (non-hydrogen) atoms. The van der Waals surface area contributed by atoms with Gasteiger partial charge in [-0.05, 0) is 51.0 Å². The SMILES string of the molecule is Cc1ccc(-c2nnc(S[C@H](C)C(=O)Nc3c(C)cccc3C)n2-c2ccccc2)cc1. The quantitative estimate of drug-likeness (QED) is 0.373. The Labute approximate surface area is 192 Å². The smallest absolute Gasteiger partial charge is 0.237 e. The molecular weight excluding hydrogens is 416 g/mol. The molecule has 0 saturated carbocycles. The first-order valence-corrected chi connectivity index (χ1v) is 11.4. The number of amides is 1. The van der Waals surface area contributed by atoms with Crippen LogP contribution in [0.4, 0.5) is 5.69 Å². The molecule has 0 fully saturated rings. The van der Waals surface area contributed by atoms with Crippen LogP contribution in [0, 0.1) is 20.8 Å². The summed E-state index contributed by atoms with van der Waals surface area (Å²) in [5.41, 5.74) is 6.08. The van der Waals surface area contributed by atoms with E-state index in [1.165, 1.54) is 17.3 Å². The number of thioether (sulfide) groups is 1. The van der Waals surface area contributed by atoms with Gasteiger partial charge in [-0.2, -0.15) is 0 Å². The van der Waals surface area contributed by atoms with Crippen LogP contribution in [0.25, 0.3) is 17.1 Å². The standard InChI is InChI=1S/C26H26N4OS/c1-17-13-15-21(16-14-17)24-28-29-26(30(24)22-11-6-5-7-12-22)32-20(4)25(31)27-23-18(2)9-8-10-19(23)3/h5-16,20H,1-4H3,(H,27,31)/t20-/m1/s1. The minimum Gasteiger partial charge on any atom is -0.325 e. The zero-order valence-electron chi connectivity index (χ0n) is 18.7. The molecule has 0 aliphatic carbocycles. The van der Waals surface area contributed by atoms with Gasteiger partial charge in [0.05, 0.1) is 5.25 Å². The van der Waals surface area contributed by atoms with Crippen LogP contribution in [0.2, 0.25) is 0 Å². The fraction of sp³-hybridized carbons (Fsp3) is 0.192. The molecule has 1 amide bonds. The van der Waals surface area contributed by atoms with Crippen LogP contribution in [0.1, 0.15) is 23.6 Å². The number of para-hydroxylation sites is 2. The van der Waals surface area contributed by atoms with Crippen LogP contribution in [-0.4, -0.2) is 25.9 Å². The van der Waals surface area contributed by atoms with Crippen LogP contribution in [0.5, 0.6) is 0 Å². The second-order valence-corrected chi connectivity index (χ2v) is 9.17. The average molecular weight is 443 g/mol. The summed E-state index contributed by atoms with van der Waals surface area (Å²) in [6.07, 6.45) is 0. The molecule has 0 saturated heterocycles. The lowest BCUT2D eigenvalue weighted by Gasteiger charge is -2.16. The van der Waals surface area contributed by atoms with Crippen molar-refractivity contribution < 1.29 is 4.79 Å². The molecule has 1 atom stereocenters. The maximum atomic E-state index is 13.0. The number of nitrogens with one attached hydrogen (secondary N) is 1. The highest BCUT2D eigenvalue weighted by Crippen LogP contribution is 2.31. The molecule has 6 heteroatoms. The van der Waals surface area contributed by atoms with E-state index in [0.29, 0.717) is 5.16 Å². The molecule has 0 radical (unpaired) electrons. The summed E-state index contributed by atoms with van der Waals surface area (Å²) < 4.78 is 2.01. The molecule has 1 N–H and O–H groups in total. The van der Waals surface area contributed by atoms with Gasteiger partial charge in [-0.3, -0.25) is 9.36 Å². The highest BCUT2D eigenvalue weighted by Gasteiger charge is 2.22. The molecule has 1 aromatic heterocycles. The number of carbonyl (C=O) groups is 1. The van der Waals surface area contributed by atoms with E-state index in [9.17, 15) is 4.79 Å². The highest BCUT2D eigenvalue weighted by atomic mass is 32.2. The van der Waals surface area contributed by atoms with Crippen LogP contribution in [-0.2, 0) is 4.79 Å². The van der Waals surface area contributed by atoms with E-state index in [-0.39, 0.29) is 11.2 Å². The van der Waals surface area contributed by atoms with E-state index in [4.69, 9.17) is 0 Å². The summed E-state index contributed by atoms with van der Waals surface area (Å²) in [7, 11) is 0. The van der Waals surface area contributed by atoms with E-state index in [0.717, 1.165) is 33.9 Å². The zero-order valence-corrected chi connectivity index (χ0v) is 19.5. The van der Waals surface area contributed by atoms with Gasteiger partial charge in [-0.15, -0.1) is 10.2 Å². The van der Waals surface area contributed by atoms with Crippen molar-refractivity contribution in [1.29, 1.82) is 0 Å². The second-order valence-electron chi connectivity index (χ2n) is 7.86. The number of aryl methyl sites for hydroxylation is 3. The maximum absolute atomic E-state index is 13.0. The zero-order chi connectivity index (χ0) is 22.7. The van der Waals surface area contributed by atoms with Crippen molar-refractivity contribution >= 4 is 23.4 Å². The van der Waals surface area contributed by atoms with Gasteiger partial charge in [0.2, 0.25) is 5.91 Å². The van der Waals surface area contributed by atoms with Gasteiger partial charge < -0.3 is 5.32 Å². The lowest BCUT2D eigenvalue weighted by molar-refractivity contribution is -0.115. The van der Waals surface area contributed by atoms with E-state index < -0.39 is 0 Å². The molecule has 0 spiro atoms. The van der Waals surface area contributed by atoms with Crippen molar-refractivity contribution in [2.45, 2.75) is 38.1 Å². The first-order chi connectivity index (χ1) is 15.4. The number of hydrogen-bond acceptors (Lipinski definition) is 4. The second kappa shape index (κ2) is 9.40. The number of aromatic nitrogens is 3. The lowest BCUT2D eigenvalue weighted by Crippen LogP contribution is -2.23. The van der Waals surface area contributed by atoms with Gasteiger partial charge in [-0.1, -0.05) is 78.0 Å². The third-order valence-corrected chi connectivity index (χ3v) is 6.38. The minimum absolute atomic E-state index is 0.0631. The van der Waals surface area contributed by atoms with Crippen molar-refractivity contribution in [2.24, 2.45) is 0 Å². The summed E-state index contributed by atoms with van der Waals surface area (Å²) >= 11 is 1.40. The molecule has 0 unspecified atom stereocenters. The fourth-order valence-corrected chi connectivity index (χ4v) is 4.36. The maximum Gasteiger partial charge on any atom is 0.237 e. The van der Waals surface area contributed by atoms with Crippen molar-refractivity contribution in [2.75, 3.05) is 5.32 Å². The third-order valence-electron chi connectivity index (χ3n) is 5.34. The monoisotopic (exact) mass is 442 g/mol. The van der Waals surface area contributed by atoms with Crippen molar-refractivity contribution in [3.8, 4) is 17.1 Å². The van der Waals surface area contributed by atoms with E-state index in [1.54, 1.807) is 0 Å². The Kier molecular flexibility index (Phi) is 6.42. The molecule has 4 rings (SSSR count). The van der Waals surface area contributed by atoms with Crippen LogP contribution < -0.4 is 5.32 Å². The Bertz CT molecular complexity index is 1210. The molecule has 0 aliphatic heterocycles. The lowest BCUT2D eigenvalue weighted by atomic mass is 10.1. The Morgan fingerprint density at radius 2 is 1.53 bits per heavy atom. The van der Waals surface area contributed by atoms with Gasteiger partial charge in [0.1, 0.15) is 0 Å². The van der Waals surface area contributed by atoms with Crippen molar-refractivity contribution in [3.05, 3.63) is 89.5 Å². The predicted octanol–water partition coefficient (Wildman–Crippen LogP) is 5.98. The molecule has 5 nitrogen and oxygen atoms in total. The summed E-state index contributed by atoms with van der Waals surface area (Å²) in [4.78, 5) is 13.0. The summed E-state index contributed by atoms with van der Waals surface area (Å²) in [5, 5.41) is 12.3. The summed E-state index contributed by atoms with van der Waals surface area (Å²) in [5.74, 6) is 0.688. The van der Waals surface area contributed by atoms with Gasteiger partial charge in [-0.25, -0.2) is 0 Å². The predicted molar refractivity (Wildman–Crippen MR) is 131 cm³/mol. The number of anilines is 1. The number of hydrogen-bond donors (Lipinski definition) is 1. The van der Waals surface area contributed by atoms with E-state index in [1.807, 2.05) is 86.0 Å². The first kappa shape index (κ1) is 21.8. The van der Waals surface area contributed by atoms with Crippen molar-refractivity contribution in [3.63, 3.8) is 0 Å². The van der Waals surface area contributed by atoms with Gasteiger partial charge in [0, 0.05) is 16.9 Å². The molecule has 0 aliphatic rings. The third kappa shape index (κ3) is 4.60. The van der Waals surface area contributed by atoms with Gasteiger partial charge in [0.15, 0.2) is 11.0 Å². The molecule has 3 aromatic carbocycles. The average Bonchev–Trinajstić information content (AvgIpc) is 3.20. The summed E-state index contributed by atoms with van der Waals surface area (Å²) in [6.45, 7) is 7.95. The molecular formula is C26H26N4OS. The first-order valence-electron chi connectivity index (χ1n) is 10.6. The number of carbonyl (C=O) groups excluding carboxylic acids is 1. The largest absolute Gasteiger partial charge is 0.325 e. The molecule has 4 aromatic rings.